The van der Waals surface area contributed by atoms with E-state index in [1.54, 1.807) is 18.3 Å². The Morgan fingerprint density at radius 2 is 1.65 bits per heavy atom. The van der Waals surface area contributed by atoms with Gasteiger partial charge in [0.05, 0.1) is 40.6 Å². The average molecular weight is 554 g/mol. The Morgan fingerprint density at radius 1 is 1.05 bits per heavy atom. The second-order valence-corrected chi connectivity index (χ2v) is 14.8. The zero-order valence-electron chi connectivity index (χ0n) is 22.1. The number of hydrogen-bond acceptors (Lipinski definition) is 8. The Bertz CT molecular complexity index is 1340. The minimum Gasteiger partial charge on any atom is -0.481 e. The number of nitrogens with zero attached hydrogens (tertiary/aromatic N) is 5. The molecule has 37 heavy (non-hydrogen) atoms. The van der Waals surface area contributed by atoms with E-state index in [1.807, 2.05) is 18.2 Å². The van der Waals surface area contributed by atoms with Crippen LogP contribution in [0.4, 0.5) is 5.69 Å². The van der Waals surface area contributed by atoms with Crippen LogP contribution >= 0.6 is 0 Å². The molecule has 1 atom stereocenters. The van der Waals surface area contributed by atoms with Gasteiger partial charge in [0.15, 0.2) is 0 Å². The molecule has 1 fully saturated rings. The van der Waals surface area contributed by atoms with Gasteiger partial charge in [0, 0.05) is 47.3 Å². The fraction of sp³-hybridized carbons (Fsp3) is 0.542. The van der Waals surface area contributed by atoms with Gasteiger partial charge in [0.2, 0.25) is 5.88 Å². The third kappa shape index (κ3) is 7.24. The minimum absolute atomic E-state index is 0.0847. The molecule has 2 heterocycles. The van der Waals surface area contributed by atoms with Crippen molar-refractivity contribution in [1.82, 2.24) is 9.29 Å². The van der Waals surface area contributed by atoms with Gasteiger partial charge in [-0.2, -0.15) is 8.42 Å². The fourth-order valence-corrected chi connectivity index (χ4v) is 9.56. The van der Waals surface area contributed by atoms with Crippen molar-refractivity contribution < 1.29 is 22.8 Å². The first kappa shape index (κ1) is 29.0. The predicted molar refractivity (Wildman–Crippen MR) is 142 cm³/mol. The summed E-state index contributed by atoms with van der Waals surface area (Å²) in [4.78, 5) is 15.3. The standard InChI is InChI=1S/C24H35N5O6S2/c1-23(2,3)18-24(4,5)26-36(28-13-15-35-16-14-28,21-11-12-22(34-6)25-17-21)27-37(32,33)20-9-7-19(8-10-20)29(30)31/h7-12,17H,13-16,18H2,1-6H3. The van der Waals surface area contributed by atoms with E-state index >= 15 is 0 Å². The van der Waals surface area contributed by atoms with Crippen molar-refractivity contribution in [2.24, 2.45) is 13.5 Å². The van der Waals surface area contributed by atoms with E-state index in [1.165, 1.54) is 19.2 Å². The van der Waals surface area contributed by atoms with Crippen molar-refractivity contribution in [2.45, 2.75) is 56.4 Å². The highest BCUT2D eigenvalue weighted by molar-refractivity contribution is 8.03. The fourth-order valence-electron chi connectivity index (χ4n) is 4.41. The zero-order chi connectivity index (χ0) is 27.5. The molecule has 0 saturated carbocycles. The van der Waals surface area contributed by atoms with Crippen LogP contribution in [0.25, 0.3) is 0 Å². The summed E-state index contributed by atoms with van der Waals surface area (Å²) < 4.78 is 50.1. The highest BCUT2D eigenvalue weighted by Crippen LogP contribution is 2.35. The van der Waals surface area contributed by atoms with Crippen LogP contribution in [0.2, 0.25) is 0 Å². The lowest BCUT2D eigenvalue weighted by Crippen LogP contribution is -2.42. The predicted octanol–water partition coefficient (Wildman–Crippen LogP) is 4.73. The number of morpholine rings is 1. The first-order valence-corrected chi connectivity index (χ1v) is 14.8. The minimum atomic E-state index is -4.29. The van der Waals surface area contributed by atoms with Gasteiger partial charge >= 0.3 is 0 Å². The van der Waals surface area contributed by atoms with E-state index in [0.29, 0.717) is 43.5 Å². The number of nitro benzene ring substituents is 1. The molecule has 0 bridgehead atoms. The Kier molecular flexibility index (Phi) is 8.62. The van der Waals surface area contributed by atoms with E-state index in [4.69, 9.17) is 13.8 Å². The maximum atomic E-state index is 13.8. The third-order valence-corrected chi connectivity index (χ3v) is 10.6. The van der Waals surface area contributed by atoms with Gasteiger partial charge in [-0.05, 0) is 43.9 Å². The van der Waals surface area contributed by atoms with Crippen LogP contribution in [0.15, 0.2) is 60.5 Å². The summed E-state index contributed by atoms with van der Waals surface area (Å²) in [6.45, 7) is 11.9. The van der Waals surface area contributed by atoms with Crippen LogP contribution in [0, 0.1) is 15.5 Å². The number of aromatic nitrogens is 1. The third-order valence-electron chi connectivity index (χ3n) is 5.45. The molecule has 0 spiro atoms. The number of ether oxygens (including phenoxy) is 2. The molecule has 2 aromatic rings. The van der Waals surface area contributed by atoms with Crippen molar-refractivity contribution in [2.75, 3.05) is 33.4 Å². The van der Waals surface area contributed by atoms with E-state index < -0.39 is 30.3 Å². The number of nitro groups is 1. The number of methoxy groups -OCH3 is 1. The Balaban J connectivity index is 2.38. The monoisotopic (exact) mass is 553 g/mol. The molecular weight excluding hydrogens is 518 g/mol. The molecule has 1 saturated heterocycles. The Hall–Kier alpha value is -2.61. The quantitative estimate of drug-likeness (QED) is 0.338. The van der Waals surface area contributed by atoms with Crippen LogP contribution < -0.4 is 4.74 Å². The van der Waals surface area contributed by atoms with E-state index in [2.05, 4.69) is 29.5 Å². The van der Waals surface area contributed by atoms with Crippen LogP contribution in [-0.2, 0) is 24.6 Å². The summed E-state index contributed by atoms with van der Waals surface area (Å²) in [7, 11) is -5.68. The molecular formula is C24H35N5O6S2. The lowest BCUT2D eigenvalue weighted by molar-refractivity contribution is -0.384. The smallest absolute Gasteiger partial charge is 0.290 e. The summed E-state index contributed by atoms with van der Waals surface area (Å²) in [5, 5.41) is 11.1. The maximum absolute atomic E-state index is 13.8. The number of hydrogen-bond donors (Lipinski definition) is 0. The molecule has 204 valence electrons. The topological polar surface area (TPSA) is 137 Å². The normalized spacial score (nSPS) is 17.0. The van der Waals surface area contributed by atoms with Crippen molar-refractivity contribution in [3.05, 3.63) is 52.7 Å². The molecule has 0 amide bonds. The van der Waals surface area contributed by atoms with Gasteiger partial charge < -0.3 is 9.47 Å². The summed E-state index contributed by atoms with van der Waals surface area (Å²) in [6.07, 6.45) is 2.24. The number of pyridine rings is 1. The number of non-ortho nitro benzene ring substituents is 1. The van der Waals surface area contributed by atoms with Gasteiger partial charge in [-0.25, -0.2) is 13.7 Å². The SMILES string of the molecule is COc1ccc(S(=NC(C)(C)CC(C)(C)C)(=NS(=O)(=O)c2ccc([N+](=O)[O-])cc2)N2CCOCC2)cn1. The van der Waals surface area contributed by atoms with Gasteiger partial charge in [-0.3, -0.25) is 10.1 Å². The van der Waals surface area contributed by atoms with Gasteiger partial charge in [0.25, 0.3) is 15.7 Å². The summed E-state index contributed by atoms with van der Waals surface area (Å²) in [5.41, 5.74) is -0.945. The first-order chi connectivity index (χ1) is 17.2. The molecule has 1 unspecified atom stereocenters. The molecule has 11 nitrogen and oxygen atoms in total. The number of benzene rings is 1. The zero-order valence-corrected chi connectivity index (χ0v) is 23.7. The maximum Gasteiger partial charge on any atom is 0.290 e. The van der Waals surface area contributed by atoms with Gasteiger partial charge in [-0.15, -0.1) is 3.77 Å². The van der Waals surface area contributed by atoms with Crippen molar-refractivity contribution in [3.63, 3.8) is 0 Å². The number of sulfonamides is 1. The first-order valence-electron chi connectivity index (χ1n) is 11.8. The summed E-state index contributed by atoms with van der Waals surface area (Å²) >= 11 is 0. The van der Waals surface area contributed by atoms with Crippen LogP contribution in [0.1, 0.15) is 41.0 Å². The lowest BCUT2D eigenvalue weighted by Gasteiger charge is -2.37. The van der Waals surface area contributed by atoms with E-state index in [-0.39, 0.29) is 16.0 Å². The molecule has 1 aromatic carbocycles. The molecule has 0 aliphatic carbocycles. The van der Waals surface area contributed by atoms with Crippen molar-refractivity contribution in [1.29, 1.82) is 0 Å². The van der Waals surface area contributed by atoms with Crippen LogP contribution in [0.3, 0.4) is 0 Å². The molecule has 1 aliphatic heterocycles. The summed E-state index contributed by atoms with van der Waals surface area (Å²) in [5.74, 6) is 0.381. The average Bonchev–Trinajstić information content (AvgIpc) is 2.82. The highest BCUT2D eigenvalue weighted by atomic mass is 32.3. The van der Waals surface area contributed by atoms with E-state index in [0.717, 1.165) is 12.1 Å². The van der Waals surface area contributed by atoms with Crippen LogP contribution in [-0.4, -0.2) is 61.6 Å². The lowest BCUT2D eigenvalue weighted by atomic mass is 9.82. The van der Waals surface area contributed by atoms with Gasteiger partial charge in [-0.1, -0.05) is 20.8 Å². The molecule has 3 rings (SSSR count). The Labute approximate surface area is 219 Å². The molecule has 0 radical (unpaired) electrons. The largest absolute Gasteiger partial charge is 0.481 e. The van der Waals surface area contributed by atoms with Gasteiger partial charge in [0.1, 0.15) is 0 Å². The second-order valence-electron chi connectivity index (χ2n) is 10.5. The molecule has 13 heteroatoms. The second kappa shape index (κ2) is 11.0. The molecule has 1 aliphatic rings. The molecule has 0 N–H and O–H groups in total. The summed E-state index contributed by atoms with van der Waals surface area (Å²) in [6, 6.07) is 8.13. The molecule has 1 aromatic heterocycles. The van der Waals surface area contributed by atoms with E-state index in [9.17, 15) is 18.5 Å². The highest BCUT2D eigenvalue weighted by Gasteiger charge is 2.33. The number of rotatable bonds is 8. The van der Waals surface area contributed by atoms with Crippen molar-refractivity contribution >= 4 is 25.5 Å². The van der Waals surface area contributed by atoms with Crippen molar-refractivity contribution in [3.8, 4) is 5.88 Å². The Morgan fingerprint density at radius 3 is 2.14 bits per heavy atom. The van der Waals surface area contributed by atoms with Crippen LogP contribution in [0.5, 0.6) is 5.88 Å².